The summed E-state index contributed by atoms with van der Waals surface area (Å²) in [6, 6.07) is 18.8. The summed E-state index contributed by atoms with van der Waals surface area (Å²) in [7, 11) is 0. The lowest BCUT2D eigenvalue weighted by atomic mass is 9.92. The van der Waals surface area contributed by atoms with E-state index in [1.807, 2.05) is 24.3 Å². The van der Waals surface area contributed by atoms with Crippen LogP contribution in [0.1, 0.15) is 28.6 Å². The molecule has 1 aromatic heterocycles. The van der Waals surface area contributed by atoms with Crippen molar-refractivity contribution in [3.63, 3.8) is 0 Å². The molecule has 0 spiro atoms. The summed E-state index contributed by atoms with van der Waals surface area (Å²) >= 11 is 1.45. The second-order valence-corrected chi connectivity index (χ2v) is 9.78. The molecule has 5 rings (SSSR count). The van der Waals surface area contributed by atoms with Crippen LogP contribution in [0.4, 0.5) is 9.93 Å². The van der Waals surface area contributed by atoms with E-state index in [-0.39, 0.29) is 6.54 Å². The molecule has 34 heavy (non-hydrogen) atoms. The molecule has 0 bridgehead atoms. The van der Waals surface area contributed by atoms with E-state index < -0.39 is 23.4 Å². The number of aromatic nitrogens is 1. The largest absolute Gasteiger partial charge is 0.325 e. The van der Waals surface area contributed by atoms with Crippen LogP contribution < -0.4 is 10.6 Å². The van der Waals surface area contributed by atoms with Crippen molar-refractivity contribution in [2.24, 2.45) is 0 Å². The molecule has 0 aliphatic carbocycles. The second-order valence-electron chi connectivity index (χ2n) is 8.70. The van der Waals surface area contributed by atoms with Gasteiger partial charge in [-0.2, -0.15) is 0 Å². The van der Waals surface area contributed by atoms with Gasteiger partial charge in [-0.05, 0) is 18.1 Å². The predicted molar refractivity (Wildman–Crippen MR) is 129 cm³/mol. The van der Waals surface area contributed by atoms with E-state index in [1.54, 1.807) is 31.2 Å². The van der Waals surface area contributed by atoms with E-state index in [0.717, 1.165) is 41.5 Å². The number of thiazole rings is 1. The van der Waals surface area contributed by atoms with Crippen LogP contribution in [0.15, 0.2) is 60.7 Å². The lowest BCUT2D eigenvalue weighted by Crippen LogP contribution is -2.42. The van der Waals surface area contributed by atoms with Gasteiger partial charge in [0.2, 0.25) is 5.91 Å². The summed E-state index contributed by atoms with van der Waals surface area (Å²) in [6.07, 6.45) is 0.816. The van der Waals surface area contributed by atoms with Gasteiger partial charge in [-0.3, -0.25) is 19.4 Å². The van der Waals surface area contributed by atoms with E-state index in [2.05, 4.69) is 32.7 Å². The maximum atomic E-state index is 13.0. The van der Waals surface area contributed by atoms with Gasteiger partial charge < -0.3 is 10.6 Å². The lowest BCUT2D eigenvalue weighted by molar-refractivity contribution is -0.133. The Labute approximate surface area is 201 Å². The summed E-state index contributed by atoms with van der Waals surface area (Å²) < 4.78 is 0. The molecule has 2 aromatic carbocycles. The zero-order chi connectivity index (χ0) is 23.7. The van der Waals surface area contributed by atoms with Crippen LogP contribution in [0.3, 0.4) is 0 Å². The summed E-state index contributed by atoms with van der Waals surface area (Å²) in [5, 5.41) is 5.99. The number of anilines is 1. The Bertz CT molecular complexity index is 1230. The van der Waals surface area contributed by atoms with Gasteiger partial charge in [0.15, 0.2) is 5.13 Å². The van der Waals surface area contributed by atoms with Gasteiger partial charge in [0.05, 0.1) is 5.69 Å². The van der Waals surface area contributed by atoms with Crippen LogP contribution in [0, 0.1) is 0 Å². The number of imide groups is 1. The Morgan fingerprint density at radius 3 is 2.56 bits per heavy atom. The third kappa shape index (κ3) is 4.32. The quantitative estimate of drug-likeness (QED) is 0.535. The van der Waals surface area contributed by atoms with Crippen LogP contribution in [0.5, 0.6) is 0 Å². The fourth-order valence-corrected chi connectivity index (χ4v) is 5.46. The zero-order valence-corrected chi connectivity index (χ0v) is 19.6. The molecule has 1 atom stereocenters. The minimum absolute atomic E-state index is 0.364. The highest BCUT2D eigenvalue weighted by Gasteiger charge is 2.49. The highest BCUT2D eigenvalue weighted by molar-refractivity contribution is 7.15. The van der Waals surface area contributed by atoms with Gasteiger partial charge in [0.25, 0.3) is 5.91 Å². The molecule has 3 heterocycles. The van der Waals surface area contributed by atoms with E-state index in [4.69, 9.17) is 0 Å². The van der Waals surface area contributed by atoms with E-state index >= 15 is 0 Å². The molecule has 2 aliphatic heterocycles. The molecular weight excluding hydrogens is 450 g/mol. The molecule has 8 nitrogen and oxygen atoms in total. The van der Waals surface area contributed by atoms with E-state index in [9.17, 15) is 14.4 Å². The maximum absolute atomic E-state index is 13.0. The van der Waals surface area contributed by atoms with Crippen LogP contribution in [-0.4, -0.2) is 45.7 Å². The molecule has 4 amide bonds. The molecule has 2 N–H and O–H groups in total. The molecular formula is C25H25N5O3S. The van der Waals surface area contributed by atoms with Crippen LogP contribution in [-0.2, 0) is 34.6 Å². The van der Waals surface area contributed by atoms with Gasteiger partial charge >= 0.3 is 6.03 Å². The fourth-order valence-electron chi connectivity index (χ4n) is 4.39. The number of benzene rings is 2. The Balaban J connectivity index is 1.21. The Kier molecular flexibility index (Phi) is 5.89. The zero-order valence-electron chi connectivity index (χ0n) is 18.8. The second kappa shape index (κ2) is 9.00. The third-order valence-electron chi connectivity index (χ3n) is 6.23. The first kappa shape index (κ1) is 22.2. The summed E-state index contributed by atoms with van der Waals surface area (Å²) in [4.78, 5) is 47.2. The monoisotopic (exact) mass is 475 g/mol. The molecule has 0 radical (unpaired) electrons. The number of nitrogens with zero attached hydrogens (tertiary/aromatic N) is 3. The van der Waals surface area contributed by atoms with Gasteiger partial charge in [-0.15, -0.1) is 11.3 Å². The minimum Gasteiger partial charge on any atom is -0.319 e. The normalized spacial score (nSPS) is 20.2. The van der Waals surface area contributed by atoms with E-state index in [1.165, 1.54) is 16.9 Å². The SMILES string of the molecule is CC1(c2ccccc2)NC(=O)N(CC(=O)Nc2nc3c(s2)CN(Cc2ccccc2)CC3)C1=O. The van der Waals surface area contributed by atoms with E-state index in [0.29, 0.717) is 10.7 Å². The minimum atomic E-state index is -1.19. The molecule has 1 saturated heterocycles. The van der Waals surface area contributed by atoms with Crippen LogP contribution in [0.25, 0.3) is 0 Å². The molecule has 0 saturated carbocycles. The number of carbonyl (C=O) groups is 3. The topological polar surface area (TPSA) is 94.6 Å². The van der Waals surface area contributed by atoms with Crippen molar-refractivity contribution in [1.82, 2.24) is 20.1 Å². The summed E-state index contributed by atoms with van der Waals surface area (Å²) in [6.45, 7) is 3.83. The number of carbonyl (C=O) groups excluding carboxylic acids is 3. The molecule has 1 unspecified atom stereocenters. The molecule has 3 aromatic rings. The van der Waals surface area contributed by atoms with Crippen molar-refractivity contribution >= 4 is 34.3 Å². The van der Waals surface area contributed by atoms with Crippen molar-refractivity contribution < 1.29 is 14.4 Å². The maximum Gasteiger partial charge on any atom is 0.325 e. The number of nitrogens with one attached hydrogen (secondary N) is 2. The average molecular weight is 476 g/mol. The van der Waals surface area contributed by atoms with Crippen molar-refractivity contribution in [2.75, 3.05) is 18.4 Å². The van der Waals surface area contributed by atoms with Gasteiger partial charge in [0, 0.05) is 30.9 Å². The Hall–Kier alpha value is -3.56. The number of amides is 4. The first-order valence-electron chi connectivity index (χ1n) is 11.2. The smallest absolute Gasteiger partial charge is 0.319 e. The number of fused-ring (bicyclic) bond motifs is 1. The summed E-state index contributed by atoms with van der Waals surface area (Å²) in [5.74, 6) is -0.901. The van der Waals surface area contributed by atoms with Gasteiger partial charge in [0.1, 0.15) is 12.1 Å². The third-order valence-corrected chi connectivity index (χ3v) is 7.23. The average Bonchev–Trinajstić information content (AvgIpc) is 3.33. The number of hydrogen-bond acceptors (Lipinski definition) is 6. The molecule has 2 aliphatic rings. The molecule has 1 fully saturated rings. The van der Waals surface area contributed by atoms with Crippen LogP contribution >= 0.6 is 11.3 Å². The number of urea groups is 1. The van der Waals surface area contributed by atoms with Crippen molar-refractivity contribution in [2.45, 2.75) is 32.0 Å². The van der Waals surface area contributed by atoms with Crippen molar-refractivity contribution in [3.05, 3.63) is 82.4 Å². The number of hydrogen-bond donors (Lipinski definition) is 2. The molecule has 174 valence electrons. The first-order chi connectivity index (χ1) is 16.4. The predicted octanol–water partition coefficient (Wildman–Crippen LogP) is 3.11. The molecule has 9 heteroatoms. The van der Waals surface area contributed by atoms with Gasteiger partial charge in [-0.1, -0.05) is 60.7 Å². The Morgan fingerprint density at radius 1 is 1.12 bits per heavy atom. The number of rotatable bonds is 6. The lowest BCUT2D eigenvalue weighted by Gasteiger charge is -2.25. The standard InChI is InChI=1S/C25H25N5O3S/c1-25(18-10-6-3-7-11-18)22(32)30(24(33)28-25)16-21(31)27-23-26-19-12-13-29(15-20(19)34-23)14-17-8-4-2-5-9-17/h2-11H,12-16H2,1H3,(H,28,33)(H,26,27,31). The van der Waals surface area contributed by atoms with Crippen molar-refractivity contribution in [1.29, 1.82) is 0 Å². The van der Waals surface area contributed by atoms with Crippen molar-refractivity contribution in [3.8, 4) is 0 Å². The van der Waals surface area contributed by atoms with Gasteiger partial charge in [-0.25, -0.2) is 9.78 Å². The fraction of sp³-hybridized carbons (Fsp3) is 0.280. The Morgan fingerprint density at radius 2 is 1.82 bits per heavy atom. The highest BCUT2D eigenvalue weighted by atomic mass is 32.1. The summed E-state index contributed by atoms with van der Waals surface area (Å²) in [5.41, 5.74) is 1.74. The van der Waals surface area contributed by atoms with Crippen LogP contribution in [0.2, 0.25) is 0 Å². The highest BCUT2D eigenvalue weighted by Crippen LogP contribution is 2.30. The first-order valence-corrected chi connectivity index (χ1v) is 12.0.